The predicted octanol–water partition coefficient (Wildman–Crippen LogP) is 3.58. The number of hydrogen-bond acceptors (Lipinski definition) is 3. The van der Waals surface area contributed by atoms with Crippen LogP contribution >= 0.6 is 35.7 Å². The van der Waals surface area contributed by atoms with Crippen molar-refractivity contribution in [3.05, 3.63) is 48.8 Å². The van der Waals surface area contributed by atoms with Gasteiger partial charge in [0.15, 0.2) is 5.96 Å². The monoisotopic (exact) mass is 485 g/mol. The lowest BCUT2D eigenvalue weighted by atomic mass is 10.2. The van der Waals surface area contributed by atoms with Crippen LogP contribution in [0.1, 0.15) is 12.8 Å². The molecule has 2 aromatic rings. The maximum absolute atomic E-state index is 4.46. The van der Waals surface area contributed by atoms with Gasteiger partial charge in [0, 0.05) is 56.3 Å². The van der Waals surface area contributed by atoms with Crippen molar-refractivity contribution in [2.45, 2.75) is 24.3 Å². The second-order valence-electron chi connectivity index (χ2n) is 6.32. The Labute approximate surface area is 177 Å². The van der Waals surface area contributed by atoms with Crippen LogP contribution in [0.15, 0.2) is 58.7 Å². The molecule has 7 heteroatoms. The number of rotatable bonds is 7. The molecule has 1 unspecified atom stereocenters. The largest absolute Gasteiger partial charge is 0.356 e. The first kappa shape index (κ1) is 21.1. The zero-order valence-electron chi connectivity index (χ0n) is 15.3. The van der Waals surface area contributed by atoms with Gasteiger partial charge in [0.1, 0.15) is 0 Å². The van der Waals surface area contributed by atoms with E-state index in [1.807, 2.05) is 42.0 Å². The van der Waals surface area contributed by atoms with Gasteiger partial charge in [-0.15, -0.1) is 35.7 Å². The molecule has 0 bridgehead atoms. The van der Waals surface area contributed by atoms with E-state index < -0.39 is 0 Å². The highest BCUT2D eigenvalue weighted by Gasteiger charge is 2.24. The smallest absolute Gasteiger partial charge is 0.193 e. The molecule has 5 nitrogen and oxygen atoms in total. The number of guanidine groups is 1. The Bertz CT molecular complexity index is 647. The molecule has 1 N–H and O–H groups in total. The molecule has 1 aromatic carbocycles. The number of nitrogens with one attached hydrogen (secondary N) is 1. The summed E-state index contributed by atoms with van der Waals surface area (Å²) in [7, 11) is 1.88. The van der Waals surface area contributed by atoms with Gasteiger partial charge in [-0.1, -0.05) is 18.2 Å². The minimum absolute atomic E-state index is 0. The van der Waals surface area contributed by atoms with E-state index in [2.05, 4.69) is 50.6 Å². The highest BCUT2D eigenvalue weighted by atomic mass is 127. The van der Waals surface area contributed by atoms with Gasteiger partial charge >= 0.3 is 0 Å². The van der Waals surface area contributed by atoms with Gasteiger partial charge < -0.3 is 10.2 Å². The first-order valence-corrected chi connectivity index (χ1v) is 9.94. The van der Waals surface area contributed by atoms with Crippen LogP contribution in [0.25, 0.3) is 0 Å². The molecule has 1 aromatic heterocycles. The van der Waals surface area contributed by atoms with Crippen molar-refractivity contribution in [1.82, 2.24) is 20.0 Å². The Morgan fingerprint density at radius 1 is 1.31 bits per heavy atom. The van der Waals surface area contributed by atoms with Crippen molar-refractivity contribution in [2.24, 2.45) is 10.9 Å². The number of aryl methyl sites for hydroxylation is 1. The van der Waals surface area contributed by atoms with Crippen molar-refractivity contribution in [2.75, 3.05) is 32.4 Å². The second-order valence-corrected chi connectivity index (χ2v) is 7.41. The van der Waals surface area contributed by atoms with Crippen LogP contribution < -0.4 is 5.32 Å². The van der Waals surface area contributed by atoms with E-state index in [-0.39, 0.29) is 24.0 Å². The van der Waals surface area contributed by atoms with Crippen LogP contribution in [0.2, 0.25) is 0 Å². The summed E-state index contributed by atoms with van der Waals surface area (Å²) in [5, 5.41) is 7.73. The topological polar surface area (TPSA) is 45.5 Å². The summed E-state index contributed by atoms with van der Waals surface area (Å²) in [5.74, 6) is 2.94. The molecule has 0 radical (unpaired) electrons. The summed E-state index contributed by atoms with van der Waals surface area (Å²) < 4.78 is 1.97. The SMILES string of the molecule is CN=C(NCCCn1cccn1)N1CCC(CSc2ccccc2)C1.I. The third-order valence-electron chi connectivity index (χ3n) is 4.43. The van der Waals surface area contributed by atoms with Crippen LogP contribution in [0, 0.1) is 5.92 Å². The van der Waals surface area contributed by atoms with E-state index in [0.29, 0.717) is 0 Å². The first-order valence-electron chi connectivity index (χ1n) is 8.96. The Morgan fingerprint density at radius 3 is 2.88 bits per heavy atom. The molecule has 1 saturated heterocycles. The zero-order valence-corrected chi connectivity index (χ0v) is 18.4. The van der Waals surface area contributed by atoms with E-state index in [1.54, 1.807) is 0 Å². The number of aromatic nitrogens is 2. The van der Waals surface area contributed by atoms with E-state index in [1.165, 1.54) is 17.1 Å². The van der Waals surface area contributed by atoms with Crippen molar-refractivity contribution in [3.8, 4) is 0 Å². The van der Waals surface area contributed by atoms with E-state index in [0.717, 1.165) is 44.5 Å². The number of aliphatic imine (C=N–C) groups is 1. The molecule has 1 aliphatic rings. The van der Waals surface area contributed by atoms with Gasteiger partial charge in [-0.25, -0.2) is 0 Å². The quantitative estimate of drug-likeness (QED) is 0.214. The Morgan fingerprint density at radius 2 is 2.15 bits per heavy atom. The maximum atomic E-state index is 4.46. The van der Waals surface area contributed by atoms with Crippen LogP contribution in [0.5, 0.6) is 0 Å². The van der Waals surface area contributed by atoms with Crippen molar-refractivity contribution >= 4 is 41.7 Å². The van der Waals surface area contributed by atoms with E-state index in [9.17, 15) is 0 Å². The van der Waals surface area contributed by atoms with Crippen molar-refractivity contribution < 1.29 is 0 Å². The fourth-order valence-corrected chi connectivity index (χ4v) is 4.15. The minimum atomic E-state index is 0. The Kier molecular flexibility index (Phi) is 9.31. The van der Waals surface area contributed by atoms with Crippen LogP contribution in [0.3, 0.4) is 0 Å². The highest BCUT2D eigenvalue weighted by Crippen LogP contribution is 2.25. The van der Waals surface area contributed by atoms with E-state index >= 15 is 0 Å². The molecule has 3 rings (SSSR count). The third-order valence-corrected chi connectivity index (χ3v) is 5.68. The van der Waals surface area contributed by atoms with Crippen LogP contribution in [-0.4, -0.2) is 53.1 Å². The van der Waals surface area contributed by atoms with Crippen LogP contribution in [-0.2, 0) is 6.54 Å². The number of likely N-dealkylation sites (tertiary alicyclic amines) is 1. The molecule has 142 valence electrons. The van der Waals surface area contributed by atoms with Gasteiger partial charge in [0.05, 0.1) is 0 Å². The van der Waals surface area contributed by atoms with Crippen LogP contribution in [0.4, 0.5) is 0 Å². The molecule has 1 atom stereocenters. The third kappa shape index (κ3) is 6.50. The lowest BCUT2D eigenvalue weighted by Crippen LogP contribution is -2.40. The lowest BCUT2D eigenvalue weighted by Gasteiger charge is -2.21. The highest BCUT2D eigenvalue weighted by molar-refractivity contribution is 14.0. The number of nitrogens with zero attached hydrogens (tertiary/aromatic N) is 4. The summed E-state index contributed by atoms with van der Waals surface area (Å²) in [6.45, 7) is 4.05. The van der Waals surface area contributed by atoms with E-state index in [4.69, 9.17) is 0 Å². The molecule has 26 heavy (non-hydrogen) atoms. The molecular weight excluding hydrogens is 457 g/mol. The fraction of sp³-hybridized carbons (Fsp3) is 0.474. The Balaban J connectivity index is 0.00000243. The van der Waals surface area contributed by atoms with Gasteiger partial charge in [-0.05, 0) is 37.0 Å². The zero-order chi connectivity index (χ0) is 17.3. The second kappa shape index (κ2) is 11.5. The summed E-state index contributed by atoms with van der Waals surface area (Å²) in [6, 6.07) is 12.6. The molecule has 0 saturated carbocycles. The number of halogens is 1. The summed E-state index contributed by atoms with van der Waals surface area (Å²) in [5.41, 5.74) is 0. The summed E-state index contributed by atoms with van der Waals surface area (Å²) >= 11 is 1.96. The summed E-state index contributed by atoms with van der Waals surface area (Å²) in [6.07, 6.45) is 6.12. The maximum Gasteiger partial charge on any atom is 0.193 e. The first-order chi connectivity index (χ1) is 12.3. The molecule has 1 aliphatic heterocycles. The standard InChI is InChI=1S/C19H27N5S.HI/c1-20-19(21-10-5-12-24-13-6-11-22-24)23-14-9-17(15-23)16-25-18-7-3-2-4-8-18;/h2-4,6-8,11,13,17H,5,9-10,12,14-16H2,1H3,(H,20,21);1H. The number of thioether (sulfide) groups is 1. The van der Waals surface area contributed by atoms with Gasteiger partial charge in [-0.3, -0.25) is 9.67 Å². The van der Waals surface area contributed by atoms with Gasteiger partial charge in [-0.2, -0.15) is 5.10 Å². The predicted molar refractivity (Wildman–Crippen MR) is 120 cm³/mol. The lowest BCUT2D eigenvalue weighted by molar-refractivity contribution is 0.469. The molecule has 0 amide bonds. The molecular formula is C19H28IN5S. The van der Waals surface area contributed by atoms with Gasteiger partial charge in [0.2, 0.25) is 0 Å². The number of hydrogen-bond donors (Lipinski definition) is 1. The molecule has 1 fully saturated rings. The molecule has 0 aliphatic carbocycles. The van der Waals surface area contributed by atoms with Crippen molar-refractivity contribution in [1.29, 1.82) is 0 Å². The molecule has 0 spiro atoms. The average molecular weight is 485 g/mol. The minimum Gasteiger partial charge on any atom is -0.356 e. The number of benzene rings is 1. The Hall–Kier alpha value is -1.22. The molecule has 2 heterocycles. The average Bonchev–Trinajstić information content (AvgIpc) is 3.33. The fourth-order valence-electron chi connectivity index (χ4n) is 3.10. The van der Waals surface area contributed by atoms with Crippen molar-refractivity contribution in [3.63, 3.8) is 0 Å². The summed E-state index contributed by atoms with van der Waals surface area (Å²) in [4.78, 5) is 8.22. The van der Waals surface area contributed by atoms with Gasteiger partial charge in [0.25, 0.3) is 0 Å². The normalized spacial score (nSPS) is 17.2.